The highest BCUT2D eigenvalue weighted by molar-refractivity contribution is 7.10. The molecule has 2 aromatic heterocycles. The summed E-state index contributed by atoms with van der Waals surface area (Å²) in [4.78, 5) is 42.1. The molecule has 1 N–H and O–H groups in total. The fourth-order valence-electron chi connectivity index (χ4n) is 5.66. The Morgan fingerprint density at radius 1 is 1.16 bits per heavy atom. The zero-order chi connectivity index (χ0) is 25.5. The van der Waals surface area contributed by atoms with Gasteiger partial charge >= 0.3 is 5.97 Å². The second kappa shape index (κ2) is 9.76. The minimum Gasteiger partial charge on any atom is -0.464 e. The molecule has 1 aliphatic carbocycles. The number of esters is 1. The smallest absolute Gasteiger partial charge is 0.336 e. The molecule has 7 nitrogen and oxygen atoms in total. The Morgan fingerprint density at radius 2 is 2.03 bits per heavy atom. The molecule has 3 aliphatic rings. The van der Waals surface area contributed by atoms with Crippen molar-refractivity contribution in [1.82, 2.24) is 5.32 Å². The largest absolute Gasteiger partial charge is 0.464 e. The second-order valence-electron chi connectivity index (χ2n) is 9.78. The highest BCUT2D eigenvalue weighted by atomic mass is 32.1. The molecule has 1 fully saturated rings. The van der Waals surface area contributed by atoms with Gasteiger partial charge in [-0.3, -0.25) is 9.59 Å². The molecule has 0 amide bonds. The van der Waals surface area contributed by atoms with Gasteiger partial charge in [0, 0.05) is 46.4 Å². The van der Waals surface area contributed by atoms with E-state index >= 15 is 0 Å². The Hall–Kier alpha value is -3.49. The first-order chi connectivity index (χ1) is 18.0. The van der Waals surface area contributed by atoms with Crippen LogP contribution in [-0.4, -0.2) is 31.1 Å². The monoisotopic (exact) mass is 517 g/mol. The van der Waals surface area contributed by atoms with Crippen molar-refractivity contribution in [2.24, 2.45) is 0 Å². The molecule has 2 aliphatic heterocycles. The van der Waals surface area contributed by atoms with E-state index in [1.54, 1.807) is 42.5 Å². The number of hydrogen-bond donors (Lipinski definition) is 1. The van der Waals surface area contributed by atoms with E-state index in [0.717, 1.165) is 23.4 Å². The van der Waals surface area contributed by atoms with Gasteiger partial charge in [-0.25, -0.2) is 4.79 Å². The number of hydrogen-bond acceptors (Lipinski definition) is 8. The summed E-state index contributed by atoms with van der Waals surface area (Å²) in [5.41, 5.74) is 2.50. The topological polar surface area (TPSA) is 94.8 Å². The number of fused-ring (bicyclic) bond motifs is 1. The summed E-state index contributed by atoms with van der Waals surface area (Å²) in [7, 11) is 0. The fraction of sp³-hybridized carbons (Fsp3) is 0.345. The third-order valence-corrected chi connectivity index (χ3v) is 8.47. The number of thiophene rings is 1. The molecule has 6 rings (SSSR count). The van der Waals surface area contributed by atoms with Gasteiger partial charge in [0.25, 0.3) is 0 Å². The van der Waals surface area contributed by atoms with Gasteiger partial charge < -0.3 is 19.2 Å². The van der Waals surface area contributed by atoms with E-state index in [1.165, 1.54) is 6.26 Å². The average Bonchev–Trinajstić information content (AvgIpc) is 3.62. The molecule has 190 valence electrons. The molecule has 0 unspecified atom stereocenters. The number of dihydropyridines is 1. The summed E-state index contributed by atoms with van der Waals surface area (Å²) in [6.07, 6.45) is 3.95. The molecule has 0 radical (unpaired) electrons. The molecular weight excluding hydrogens is 490 g/mol. The van der Waals surface area contributed by atoms with Crippen molar-refractivity contribution in [3.05, 3.63) is 91.2 Å². The summed E-state index contributed by atoms with van der Waals surface area (Å²) < 4.78 is 17.1. The maximum absolute atomic E-state index is 13.7. The van der Waals surface area contributed by atoms with Crippen LogP contribution >= 0.6 is 11.3 Å². The lowest BCUT2D eigenvalue weighted by Gasteiger charge is -2.36. The number of rotatable bonds is 5. The van der Waals surface area contributed by atoms with Crippen LogP contribution in [-0.2, 0) is 19.1 Å². The third kappa shape index (κ3) is 4.34. The molecule has 0 bridgehead atoms. The Balaban J connectivity index is 1.44. The molecule has 3 aromatic rings. The number of para-hydroxylation sites is 1. The number of Topliss-reactive ketones (excluding diaryl/α,β-unsaturated/α-hetero) is 1. The molecule has 3 atom stereocenters. The third-order valence-electron chi connectivity index (χ3n) is 7.44. The number of carbonyl (C=O) groups excluding carboxylic acids is 2. The van der Waals surface area contributed by atoms with Gasteiger partial charge in [-0.15, -0.1) is 11.3 Å². The van der Waals surface area contributed by atoms with Crippen LogP contribution in [0.2, 0.25) is 0 Å². The number of benzene rings is 1. The molecular formula is C29H27NO6S. The van der Waals surface area contributed by atoms with Gasteiger partial charge in [-0.05, 0) is 49.8 Å². The van der Waals surface area contributed by atoms with Crippen LogP contribution in [0.5, 0.6) is 0 Å². The first-order valence-corrected chi connectivity index (χ1v) is 13.5. The number of carbonyl (C=O) groups is 2. The first-order valence-electron chi connectivity index (χ1n) is 12.6. The van der Waals surface area contributed by atoms with E-state index in [9.17, 15) is 14.4 Å². The maximum Gasteiger partial charge on any atom is 0.336 e. The normalized spacial score (nSPS) is 23.8. The van der Waals surface area contributed by atoms with Crippen molar-refractivity contribution in [1.29, 1.82) is 0 Å². The van der Waals surface area contributed by atoms with Crippen LogP contribution < -0.4 is 10.7 Å². The van der Waals surface area contributed by atoms with Crippen molar-refractivity contribution < 1.29 is 23.5 Å². The fourth-order valence-corrected chi connectivity index (χ4v) is 6.49. The van der Waals surface area contributed by atoms with Crippen LogP contribution in [0.3, 0.4) is 0 Å². The zero-order valence-electron chi connectivity index (χ0n) is 20.5. The summed E-state index contributed by atoms with van der Waals surface area (Å²) in [6, 6.07) is 11.0. The van der Waals surface area contributed by atoms with Crippen LogP contribution in [0.4, 0.5) is 0 Å². The molecule has 0 saturated carbocycles. The number of ketones is 1. The van der Waals surface area contributed by atoms with E-state index in [4.69, 9.17) is 13.9 Å². The Morgan fingerprint density at radius 3 is 2.81 bits per heavy atom. The lowest BCUT2D eigenvalue weighted by atomic mass is 9.73. The minimum atomic E-state index is -0.870. The first kappa shape index (κ1) is 23.9. The SMILES string of the molecule is CC1=C(C(=O)OC[C@@H]2CCCO2)[C@@H](c2coc3ccccc3c2=O)C2=C(C[C@H](c3cccs3)CC2=O)N1. The zero-order valence-corrected chi connectivity index (χ0v) is 21.3. The summed E-state index contributed by atoms with van der Waals surface area (Å²) in [5.74, 6) is -1.46. The molecule has 0 spiro atoms. The van der Waals surface area contributed by atoms with Crippen molar-refractivity contribution in [2.45, 2.75) is 50.5 Å². The van der Waals surface area contributed by atoms with Crippen molar-refractivity contribution >= 4 is 34.1 Å². The van der Waals surface area contributed by atoms with Gasteiger partial charge in [0.1, 0.15) is 12.2 Å². The Bertz CT molecular complexity index is 1490. The van der Waals surface area contributed by atoms with E-state index in [-0.39, 0.29) is 41.0 Å². The van der Waals surface area contributed by atoms with E-state index in [1.807, 2.05) is 17.5 Å². The highest BCUT2D eigenvalue weighted by Crippen LogP contribution is 2.46. The lowest BCUT2D eigenvalue weighted by Crippen LogP contribution is -2.37. The van der Waals surface area contributed by atoms with E-state index in [2.05, 4.69) is 5.32 Å². The predicted molar refractivity (Wildman–Crippen MR) is 139 cm³/mol. The summed E-state index contributed by atoms with van der Waals surface area (Å²) in [6.45, 7) is 2.58. The molecule has 37 heavy (non-hydrogen) atoms. The Labute approximate surface area is 217 Å². The van der Waals surface area contributed by atoms with Crippen molar-refractivity contribution in [2.75, 3.05) is 13.2 Å². The van der Waals surface area contributed by atoms with Crippen LogP contribution in [0.1, 0.15) is 54.9 Å². The summed E-state index contributed by atoms with van der Waals surface area (Å²) >= 11 is 1.63. The molecule has 1 aromatic carbocycles. The van der Waals surface area contributed by atoms with Gasteiger partial charge in [0.2, 0.25) is 0 Å². The van der Waals surface area contributed by atoms with Crippen LogP contribution in [0.25, 0.3) is 11.0 Å². The van der Waals surface area contributed by atoms with Crippen LogP contribution in [0.15, 0.2) is 79.8 Å². The van der Waals surface area contributed by atoms with E-state index < -0.39 is 11.9 Å². The Kier molecular flexibility index (Phi) is 6.30. The minimum absolute atomic E-state index is 0.0493. The van der Waals surface area contributed by atoms with Crippen LogP contribution in [0, 0.1) is 0 Å². The van der Waals surface area contributed by atoms with Gasteiger partial charge in [-0.2, -0.15) is 0 Å². The molecule has 4 heterocycles. The lowest BCUT2D eigenvalue weighted by molar-refractivity contribution is -0.142. The quantitative estimate of drug-likeness (QED) is 0.479. The number of ether oxygens (including phenoxy) is 2. The summed E-state index contributed by atoms with van der Waals surface area (Å²) in [5, 5.41) is 5.75. The van der Waals surface area contributed by atoms with Gasteiger partial charge in [-0.1, -0.05) is 18.2 Å². The maximum atomic E-state index is 13.7. The predicted octanol–water partition coefficient (Wildman–Crippen LogP) is 4.94. The van der Waals surface area contributed by atoms with Crippen molar-refractivity contribution in [3.63, 3.8) is 0 Å². The molecule has 8 heteroatoms. The van der Waals surface area contributed by atoms with Crippen molar-refractivity contribution in [3.8, 4) is 0 Å². The number of nitrogens with one attached hydrogen (secondary N) is 1. The van der Waals surface area contributed by atoms with Gasteiger partial charge in [0.15, 0.2) is 11.2 Å². The molecule has 1 saturated heterocycles. The van der Waals surface area contributed by atoms with Gasteiger partial charge in [0.05, 0.1) is 29.2 Å². The highest BCUT2D eigenvalue weighted by Gasteiger charge is 2.43. The second-order valence-corrected chi connectivity index (χ2v) is 10.8. The average molecular weight is 518 g/mol. The number of allylic oxidation sites excluding steroid dienone is 3. The van der Waals surface area contributed by atoms with E-state index in [0.29, 0.717) is 41.7 Å². The standard InChI is InChI=1S/C29H27NO6S/c1-16-25(29(33)36-14-18-6-4-10-34-18)26(20-15-35-23-8-3-2-7-19(23)28(20)32)27-21(30-16)12-17(13-22(27)31)24-9-5-11-37-24/h2-3,5,7-9,11,15,17-18,26,30H,4,6,10,12-14H2,1H3/t17-,18-,26+/m0/s1.